The molecule has 1 unspecified atom stereocenters. The molecular weight excluding hydrogens is 228 g/mol. The van der Waals surface area contributed by atoms with Crippen LogP contribution in [0.5, 0.6) is 0 Å². The quantitative estimate of drug-likeness (QED) is 0.793. The molecule has 0 spiro atoms. The molecule has 0 radical (unpaired) electrons. The van der Waals surface area contributed by atoms with Crippen LogP contribution >= 0.6 is 0 Å². The van der Waals surface area contributed by atoms with Crippen molar-refractivity contribution in [1.82, 2.24) is 4.90 Å². The van der Waals surface area contributed by atoms with E-state index in [9.17, 15) is 9.90 Å². The summed E-state index contributed by atoms with van der Waals surface area (Å²) in [5.41, 5.74) is 5.00. The SMILES string of the molecule is CC1(O)CCN(C(=O)CC2CCC(CN)CC2)C1. The van der Waals surface area contributed by atoms with E-state index in [0.717, 1.165) is 19.4 Å². The van der Waals surface area contributed by atoms with Gasteiger partial charge in [0.15, 0.2) is 0 Å². The second-order valence-electron chi connectivity index (χ2n) is 6.39. The van der Waals surface area contributed by atoms with Gasteiger partial charge in [-0.15, -0.1) is 0 Å². The van der Waals surface area contributed by atoms with Crippen LogP contribution in [0.1, 0.15) is 45.4 Å². The Morgan fingerprint density at radius 1 is 1.33 bits per heavy atom. The predicted octanol–water partition coefficient (Wildman–Crippen LogP) is 1.12. The minimum Gasteiger partial charge on any atom is -0.388 e. The van der Waals surface area contributed by atoms with Gasteiger partial charge in [-0.2, -0.15) is 0 Å². The Balaban J connectivity index is 1.75. The lowest BCUT2D eigenvalue weighted by atomic mass is 9.80. The van der Waals surface area contributed by atoms with Crippen molar-refractivity contribution in [1.29, 1.82) is 0 Å². The highest BCUT2D eigenvalue weighted by molar-refractivity contribution is 5.76. The molecule has 1 aliphatic heterocycles. The van der Waals surface area contributed by atoms with Crippen molar-refractivity contribution in [2.75, 3.05) is 19.6 Å². The molecule has 1 saturated carbocycles. The largest absolute Gasteiger partial charge is 0.388 e. The number of hydrogen-bond donors (Lipinski definition) is 2. The summed E-state index contributed by atoms with van der Waals surface area (Å²) in [6, 6.07) is 0. The molecule has 4 heteroatoms. The van der Waals surface area contributed by atoms with Gasteiger partial charge in [0, 0.05) is 19.5 Å². The third-order valence-corrected chi connectivity index (χ3v) is 4.57. The lowest BCUT2D eigenvalue weighted by molar-refractivity contribution is -0.132. The summed E-state index contributed by atoms with van der Waals surface area (Å²) < 4.78 is 0. The van der Waals surface area contributed by atoms with Gasteiger partial charge in [0.25, 0.3) is 0 Å². The molecule has 0 aromatic heterocycles. The maximum atomic E-state index is 12.1. The first kappa shape index (κ1) is 13.8. The second kappa shape index (κ2) is 5.57. The highest BCUT2D eigenvalue weighted by Gasteiger charge is 2.34. The number of carbonyl (C=O) groups excluding carboxylic acids is 1. The molecule has 2 rings (SSSR count). The van der Waals surface area contributed by atoms with Crippen LogP contribution in [0.15, 0.2) is 0 Å². The zero-order chi connectivity index (χ0) is 13.2. The molecule has 0 aromatic rings. The van der Waals surface area contributed by atoms with Gasteiger partial charge < -0.3 is 15.7 Å². The van der Waals surface area contributed by atoms with Crippen LogP contribution in [0.2, 0.25) is 0 Å². The van der Waals surface area contributed by atoms with E-state index in [1.165, 1.54) is 12.8 Å². The molecule has 18 heavy (non-hydrogen) atoms. The third kappa shape index (κ3) is 3.45. The van der Waals surface area contributed by atoms with E-state index in [-0.39, 0.29) is 5.91 Å². The summed E-state index contributed by atoms with van der Waals surface area (Å²) in [5.74, 6) is 1.43. The van der Waals surface area contributed by atoms with Crippen molar-refractivity contribution < 1.29 is 9.90 Å². The van der Waals surface area contributed by atoms with Crippen molar-refractivity contribution in [3.8, 4) is 0 Å². The first-order valence-corrected chi connectivity index (χ1v) is 7.20. The van der Waals surface area contributed by atoms with Crippen LogP contribution < -0.4 is 5.73 Å². The molecule has 1 amide bonds. The van der Waals surface area contributed by atoms with E-state index in [1.807, 2.05) is 11.8 Å². The number of nitrogens with two attached hydrogens (primary N) is 1. The lowest BCUT2D eigenvalue weighted by Crippen LogP contribution is -2.35. The fourth-order valence-electron chi connectivity index (χ4n) is 3.21. The zero-order valence-electron chi connectivity index (χ0n) is 11.4. The van der Waals surface area contributed by atoms with E-state index in [4.69, 9.17) is 5.73 Å². The summed E-state index contributed by atoms with van der Waals surface area (Å²) >= 11 is 0. The van der Waals surface area contributed by atoms with Gasteiger partial charge in [-0.3, -0.25) is 4.79 Å². The number of rotatable bonds is 3. The summed E-state index contributed by atoms with van der Waals surface area (Å²) in [4.78, 5) is 14.0. The molecule has 4 nitrogen and oxygen atoms in total. The van der Waals surface area contributed by atoms with Gasteiger partial charge in [-0.05, 0) is 57.4 Å². The highest BCUT2D eigenvalue weighted by atomic mass is 16.3. The Morgan fingerprint density at radius 3 is 2.44 bits per heavy atom. The average Bonchev–Trinajstić information content (AvgIpc) is 2.71. The molecule has 104 valence electrons. The summed E-state index contributed by atoms with van der Waals surface area (Å²) in [5, 5.41) is 9.88. The molecule has 2 fully saturated rings. The third-order valence-electron chi connectivity index (χ3n) is 4.57. The topological polar surface area (TPSA) is 66.6 Å². The maximum absolute atomic E-state index is 12.1. The smallest absolute Gasteiger partial charge is 0.222 e. The Labute approximate surface area is 110 Å². The summed E-state index contributed by atoms with van der Waals surface area (Å²) in [6.45, 7) is 3.82. The fraction of sp³-hybridized carbons (Fsp3) is 0.929. The first-order chi connectivity index (χ1) is 8.50. The lowest BCUT2D eigenvalue weighted by Gasteiger charge is -2.28. The summed E-state index contributed by atoms with van der Waals surface area (Å²) in [6.07, 6.45) is 5.99. The normalized spacial score (nSPS) is 36.9. The van der Waals surface area contributed by atoms with Crippen molar-refractivity contribution in [2.24, 2.45) is 17.6 Å². The number of β-amino-alcohol motifs (C(OH)–C–C–N with tert-alkyl or cyclic N) is 1. The van der Waals surface area contributed by atoms with Gasteiger partial charge in [0.1, 0.15) is 0 Å². The Hall–Kier alpha value is -0.610. The number of carbonyl (C=O) groups is 1. The minimum absolute atomic E-state index is 0.226. The van der Waals surface area contributed by atoms with Crippen LogP contribution in [0.25, 0.3) is 0 Å². The number of hydrogen-bond acceptors (Lipinski definition) is 3. The highest BCUT2D eigenvalue weighted by Crippen LogP contribution is 2.31. The monoisotopic (exact) mass is 254 g/mol. The van der Waals surface area contributed by atoms with E-state index < -0.39 is 5.60 Å². The van der Waals surface area contributed by atoms with Gasteiger partial charge in [-0.1, -0.05) is 0 Å². The average molecular weight is 254 g/mol. The van der Waals surface area contributed by atoms with E-state index in [0.29, 0.717) is 37.8 Å². The molecule has 1 saturated heterocycles. The predicted molar refractivity (Wildman–Crippen MR) is 70.9 cm³/mol. The van der Waals surface area contributed by atoms with Gasteiger partial charge in [0.05, 0.1) is 5.60 Å². The van der Waals surface area contributed by atoms with Crippen LogP contribution in [-0.4, -0.2) is 41.1 Å². The molecule has 1 heterocycles. The van der Waals surface area contributed by atoms with Crippen LogP contribution in [-0.2, 0) is 4.79 Å². The second-order valence-corrected chi connectivity index (χ2v) is 6.39. The van der Waals surface area contributed by atoms with E-state index in [1.54, 1.807) is 0 Å². The number of likely N-dealkylation sites (tertiary alicyclic amines) is 1. The molecule has 2 aliphatic rings. The van der Waals surface area contributed by atoms with Crippen molar-refractivity contribution in [3.63, 3.8) is 0 Å². The number of nitrogens with zero attached hydrogens (tertiary/aromatic N) is 1. The van der Waals surface area contributed by atoms with Crippen LogP contribution in [0, 0.1) is 11.8 Å². The zero-order valence-corrected chi connectivity index (χ0v) is 11.4. The number of aliphatic hydroxyl groups is 1. The maximum Gasteiger partial charge on any atom is 0.222 e. The Bertz CT molecular complexity index is 296. The molecular formula is C14H26N2O2. The standard InChI is InChI=1S/C14H26N2O2/c1-14(18)6-7-16(10-14)13(17)8-11-2-4-12(9-15)5-3-11/h11-12,18H,2-10,15H2,1H3. The number of amides is 1. The molecule has 0 aromatic carbocycles. The molecule has 3 N–H and O–H groups in total. The van der Waals surface area contributed by atoms with Crippen molar-refractivity contribution in [2.45, 2.75) is 51.0 Å². The summed E-state index contributed by atoms with van der Waals surface area (Å²) in [7, 11) is 0. The van der Waals surface area contributed by atoms with Crippen molar-refractivity contribution >= 4 is 5.91 Å². The van der Waals surface area contributed by atoms with Gasteiger partial charge in [0.2, 0.25) is 5.91 Å². The van der Waals surface area contributed by atoms with E-state index in [2.05, 4.69) is 0 Å². The first-order valence-electron chi connectivity index (χ1n) is 7.20. The Morgan fingerprint density at radius 2 is 1.94 bits per heavy atom. The minimum atomic E-state index is -0.674. The molecule has 0 bridgehead atoms. The van der Waals surface area contributed by atoms with Crippen LogP contribution in [0.3, 0.4) is 0 Å². The van der Waals surface area contributed by atoms with Crippen LogP contribution in [0.4, 0.5) is 0 Å². The van der Waals surface area contributed by atoms with Gasteiger partial charge in [-0.25, -0.2) is 0 Å². The molecule has 1 aliphatic carbocycles. The molecule has 1 atom stereocenters. The fourth-order valence-corrected chi connectivity index (χ4v) is 3.21. The van der Waals surface area contributed by atoms with Crippen molar-refractivity contribution in [3.05, 3.63) is 0 Å². The van der Waals surface area contributed by atoms with E-state index >= 15 is 0 Å². The van der Waals surface area contributed by atoms with Gasteiger partial charge >= 0.3 is 0 Å². The Kier molecular flexibility index (Phi) is 4.28.